The van der Waals surface area contributed by atoms with E-state index in [1.54, 1.807) is 0 Å². The van der Waals surface area contributed by atoms with E-state index >= 15 is 0 Å². The van der Waals surface area contributed by atoms with Gasteiger partial charge in [-0.1, -0.05) is 19.3 Å². The molecule has 1 aliphatic carbocycles. The summed E-state index contributed by atoms with van der Waals surface area (Å²) in [5.41, 5.74) is 5.38. The van der Waals surface area contributed by atoms with Gasteiger partial charge in [-0.15, -0.1) is 0 Å². The van der Waals surface area contributed by atoms with Gasteiger partial charge < -0.3 is 21.0 Å². The normalized spacial score (nSPS) is 21.3. The van der Waals surface area contributed by atoms with Crippen molar-refractivity contribution in [2.24, 2.45) is 11.7 Å². The molecule has 2 aliphatic rings. The van der Waals surface area contributed by atoms with Crippen LogP contribution in [-0.2, 0) is 19.2 Å². The van der Waals surface area contributed by atoms with E-state index in [1.807, 2.05) is 19.6 Å². The van der Waals surface area contributed by atoms with Gasteiger partial charge >= 0.3 is 5.97 Å². The number of nitrogens with zero attached hydrogens (tertiary/aromatic N) is 4. The van der Waals surface area contributed by atoms with E-state index < -0.39 is 11.9 Å². The highest BCUT2D eigenvalue weighted by molar-refractivity contribution is 5.78. The summed E-state index contributed by atoms with van der Waals surface area (Å²) in [5.74, 6) is -0.815. The number of hydrogen-bond acceptors (Lipinski definition) is 8. The number of carboxylic acid groups (broad SMARTS) is 1. The van der Waals surface area contributed by atoms with Crippen molar-refractivity contribution in [1.29, 1.82) is 0 Å². The third-order valence-electron chi connectivity index (χ3n) is 6.68. The van der Waals surface area contributed by atoms with Gasteiger partial charge in [-0.05, 0) is 18.8 Å². The summed E-state index contributed by atoms with van der Waals surface area (Å²) >= 11 is 0. The van der Waals surface area contributed by atoms with Gasteiger partial charge in [0.15, 0.2) is 0 Å². The van der Waals surface area contributed by atoms with E-state index in [0.29, 0.717) is 64.8 Å². The van der Waals surface area contributed by atoms with E-state index in [1.165, 1.54) is 32.1 Å². The minimum Gasteiger partial charge on any atom is -0.480 e. The molecule has 2 amide bonds. The number of nitrogens with one attached hydrogen (secondary N) is 1. The maximum absolute atomic E-state index is 12.7. The van der Waals surface area contributed by atoms with Gasteiger partial charge in [0, 0.05) is 58.9 Å². The molecule has 1 saturated carbocycles. The fraction of sp³-hybridized carbons (Fsp3) is 0.826. The Morgan fingerprint density at radius 3 is 1.79 bits per heavy atom. The number of aliphatic carboxylic acids is 1. The van der Waals surface area contributed by atoms with E-state index in [-0.39, 0.29) is 32.1 Å². The van der Waals surface area contributed by atoms with Crippen LogP contribution in [0.5, 0.6) is 0 Å². The summed E-state index contributed by atoms with van der Waals surface area (Å²) < 4.78 is 0. The molecule has 0 aromatic rings. The molecule has 2 rings (SSSR count). The van der Waals surface area contributed by atoms with Gasteiger partial charge in [0.05, 0.1) is 26.2 Å². The van der Waals surface area contributed by atoms with Crippen LogP contribution >= 0.6 is 0 Å². The molecule has 0 spiro atoms. The van der Waals surface area contributed by atoms with Crippen molar-refractivity contribution in [1.82, 2.24) is 24.9 Å². The smallest absolute Gasteiger partial charge is 0.317 e. The van der Waals surface area contributed by atoms with Crippen molar-refractivity contribution in [3.63, 3.8) is 0 Å². The van der Waals surface area contributed by atoms with Crippen molar-refractivity contribution >= 4 is 24.1 Å². The minimum absolute atomic E-state index is 0.0166. The number of carbonyl (C=O) groups is 4. The Morgan fingerprint density at radius 1 is 0.794 bits per heavy atom. The van der Waals surface area contributed by atoms with Crippen LogP contribution in [0.25, 0.3) is 0 Å². The summed E-state index contributed by atoms with van der Waals surface area (Å²) in [6, 6.07) is 0. The first-order chi connectivity index (χ1) is 16.4. The fourth-order valence-electron chi connectivity index (χ4n) is 4.66. The van der Waals surface area contributed by atoms with Gasteiger partial charge in [-0.3, -0.25) is 34.0 Å². The quantitative estimate of drug-likeness (QED) is 0.323. The molecule has 11 nitrogen and oxygen atoms in total. The Labute approximate surface area is 202 Å². The lowest BCUT2D eigenvalue weighted by molar-refractivity contribution is -0.138. The predicted molar refractivity (Wildman–Crippen MR) is 128 cm³/mol. The number of rotatable bonds is 10. The fourth-order valence-corrected chi connectivity index (χ4v) is 4.66. The molecule has 0 aromatic carbocycles. The van der Waals surface area contributed by atoms with Gasteiger partial charge in [0.1, 0.15) is 6.29 Å². The first-order valence-corrected chi connectivity index (χ1v) is 12.5. The average molecular weight is 483 g/mol. The summed E-state index contributed by atoms with van der Waals surface area (Å²) in [6.45, 7) is 5.49. The highest BCUT2D eigenvalue weighted by atomic mass is 16.4. The standard InChI is InChI=1S/C23H42N6O5/c24-21(31)17-27-8-6-26(14-15-30)7-9-28(11-13-29(12-10-27)19-23(33)34)18-22(32)25-16-20-4-2-1-3-5-20/h15,20H,1-14,16-19H2,(H2,24,31)(H,25,32)(H,33,34). The zero-order valence-corrected chi connectivity index (χ0v) is 20.3. The largest absolute Gasteiger partial charge is 0.480 e. The lowest BCUT2D eigenvalue weighted by atomic mass is 9.89. The van der Waals surface area contributed by atoms with Crippen molar-refractivity contribution in [3.05, 3.63) is 0 Å². The van der Waals surface area contributed by atoms with E-state index in [9.17, 15) is 24.3 Å². The maximum atomic E-state index is 12.7. The number of amides is 2. The van der Waals surface area contributed by atoms with Gasteiger partial charge in [-0.25, -0.2) is 0 Å². The Hall–Kier alpha value is -2.08. The Morgan fingerprint density at radius 2 is 1.29 bits per heavy atom. The van der Waals surface area contributed by atoms with Crippen molar-refractivity contribution in [2.75, 3.05) is 85.1 Å². The molecule has 0 unspecified atom stereocenters. The van der Waals surface area contributed by atoms with Crippen LogP contribution in [0.15, 0.2) is 0 Å². The molecule has 0 radical (unpaired) electrons. The zero-order chi connectivity index (χ0) is 24.8. The summed E-state index contributed by atoms with van der Waals surface area (Å²) in [6.07, 6.45) is 6.94. The van der Waals surface area contributed by atoms with Crippen LogP contribution in [-0.4, -0.2) is 134 Å². The average Bonchev–Trinajstić information content (AvgIpc) is 2.79. The predicted octanol–water partition coefficient (Wildman–Crippen LogP) is -1.33. The van der Waals surface area contributed by atoms with Gasteiger partial charge in [0.25, 0.3) is 0 Å². The number of carbonyl (C=O) groups excluding carboxylic acids is 3. The second kappa shape index (κ2) is 15.8. The molecule has 4 N–H and O–H groups in total. The molecule has 11 heteroatoms. The lowest BCUT2D eigenvalue weighted by Gasteiger charge is -2.33. The molecule has 1 saturated heterocycles. The third kappa shape index (κ3) is 11.9. The summed E-state index contributed by atoms with van der Waals surface area (Å²) in [7, 11) is 0. The lowest BCUT2D eigenvalue weighted by Crippen LogP contribution is -2.50. The second-order valence-electron chi connectivity index (χ2n) is 9.46. The number of primary amides is 1. The van der Waals surface area contributed by atoms with Gasteiger partial charge in [0.2, 0.25) is 11.8 Å². The first kappa shape index (κ1) is 28.2. The van der Waals surface area contributed by atoms with E-state index in [4.69, 9.17) is 5.73 Å². The minimum atomic E-state index is -0.914. The molecular formula is C23H42N6O5. The third-order valence-corrected chi connectivity index (χ3v) is 6.68. The number of aldehydes is 1. The molecule has 34 heavy (non-hydrogen) atoms. The zero-order valence-electron chi connectivity index (χ0n) is 20.3. The van der Waals surface area contributed by atoms with Crippen LogP contribution in [0.1, 0.15) is 32.1 Å². The van der Waals surface area contributed by atoms with E-state index in [0.717, 1.165) is 6.29 Å². The van der Waals surface area contributed by atoms with Crippen LogP contribution in [0.3, 0.4) is 0 Å². The van der Waals surface area contributed by atoms with Crippen molar-refractivity contribution in [2.45, 2.75) is 32.1 Å². The first-order valence-electron chi connectivity index (χ1n) is 12.5. The molecular weight excluding hydrogens is 440 g/mol. The monoisotopic (exact) mass is 482 g/mol. The Balaban J connectivity index is 1.99. The molecule has 0 aromatic heterocycles. The van der Waals surface area contributed by atoms with Crippen molar-refractivity contribution < 1.29 is 24.3 Å². The van der Waals surface area contributed by atoms with Gasteiger partial charge in [-0.2, -0.15) is 0 Å². The van der Waals surface area contributed by atoms with Crippen LogP contribution < -0.4 is 11.1 Å². The van der Waals surface area contributed by atoms with Crippen molar-refractivity contribution in [3.8, 4) is 0 Å². The SMILES string of the molecule is NC(=O)CN1CCN(CC=O)CCN(CC(=O)NCC2CCCCC2)CCN(CC(=O)O)CC1. The molecule has 1 heterocycles. The summed E-state index contributed by atoms with van der Waals surface area (Å²) in [4.78, 5) is 54.4. The molecule has 0 bridgehead atoms. The van der Waals surface area contributed by atoms with E-state index in [2.05, 4.69) is 5.32 Å². The van der Waals surface area contributed by atoms with Crippen LogP contribution in [0, 0.1) is 5.92 Å². The number of hydrogen-bond donors (Lipinski definition) is 3. The second-order valence-corrected chi connectivity index (χ2v) is 9.46. The number of nitrogens with two attached hydrogens (primary N) is 1. The molecule has 0 atom stereocenters. The highest BCUT2D eigenvalue weighted by Crippen LogP contribution is 2.22. The molecule has 194 valence electrons. The van der Waals surface area contributed by atoms with Crippen LogP contribution in [0.4, 0.5) is 0 Å². The molecule has 1 aliphatic heterocycles. The highest BCUT2D eigenvalue weighted by Gasteiger charge is 2.20. The Kier molecular flexibility index (Phi) is 13.0. The maximum Gasteiger partial charge on any atom is 0.317 e. The Bertz CT molecular complexity index is 658. The summed E-state index contributed by atoms with van der Waals surface area (Å²) in [5, 5.41) is 12.4. The topological polar surface area (TPSA) is 140 Å². The number of carboxylic acids is 1. The molecule has 2 fully saturated rings. The van der Waals surface area contributed by atoms with Crippen LogP contribution in [0.2, 0.25) is 0 Å².